The van der Waals surface area contributed by atoms with Gasteiger partial charge in [-0.2, -0.15) is 0 Å². The highest BCUT2D eigenvalue weighted by molar-refractivity contribution is 6.74. The predicted octanol–water partition coefficient (Wildman–Crippen LogP) is 4.29. The summed E-state index contributed by atoms with van der Waals surface area (Å²) >= 11 is 0. The number of ether oxygens (including phenoxy) is 1. The molecule has 0 heterocycles. The number of hydrogen-bond donors (Lipinski definition) is 2. The lowest BCUT2D eigenvalue weighted by Crippen LogP contribution is -2.48. The molecule has 0 aromatic carbocycles. The van der Waals surface area contributed by atoms with Gasteiger partial charge in [-0.25, -0.2) is 4.79 Å². The summed E-state index contributed by atoms with van der Waals surface area (Å²) in [4.78, 5) is 11.9. The molecule has 144 valence electrons. The average molecular weight is 361 g/mol. The second-order valence-electron chi connectivity index (χ2n) is 9.28. The van der Waals surface area contributed by atoms with E-state index in [2.05, 4.69) is 58.3 Å². The van der Waals surface area contributed by atoms with Gasteiger partial charge in [0.25, 0.3) is 0 Å². The topological polar surface area (TPSA) is 59.6 Å². The van der Waals surface area contributed by atoms with Gasteiger partial charge in [0.1, 0.15) is 5.60 Å². The summed E-state index contributed by atoms with van der Waals surface area (Å²) in [5, 5.41) is 6.42. The Kier molecular flexibility index (Phi) is 8.97. The maximum atomic E-state index is 11.9. The summed E-state index contributed by atoms with van der Waals surface area (Å²) in [5.74, 6) is 0. The number of rotatable bonds is 8. The molecule has 1 amide bonds. The third kappa shape index (κ3) is 10.3. The molecule has 24 heavy (non-hydrogen) atoms. The molecule has 0 spiro atoms. The summed E-state index contributed by atoms with van der Waals surface area (Å²) in [6.07, 6.45) is 0.466. The Morgan fingerprint density at radius 1 is 1.08 bits per heavy atom. The number of alkyl carbamates (subject to hydrolysis) is 1. The van der Waals surface area contributed by atoms with Crippen molar-refractivity contribution in [3.8, 4) is 0 Å². The van der Waals surface area contributed by atoms with Gasteiger partial charge >= 0.3 is 6.09 Å². The first-order valence-corrected chi connectivity index (χ1v) is 11.9. The first kappa shape index (κ1) is 23.4. The zero-order valence-corrected chi connectivity index (χ0v) is 18.5. The summed E-state index contributed by atoms with van der Waals surface area (Å²) < 4.78 is 11.8. The minimum absolute atomic E-state index is 0.00957. The van der Waals surface area contributed by atoms with E-state index in [0.29, 0.717) is 12.6 Å². The van der Waals surface area contributed by atoms with E-state index in [-0.39, 0.29) is 17.2 Å². The van der Waals surface area contributed by atoms with Gasteiger partial charge in [0.2, 0.25) is 0 Å². The van der Waals surface area contributed by atoms with E-state index in [1.54, 1.807) is 0 Å². The molecule has 0 aliphatic rings. The van der Waals surface area contributed by atoms with Crippen LogP contribution in [0.5, 0.6) is 0 Å². The molecule has 0 aliphatic heterocycles. The molecule has 0 unspecified atom stereocenters. The fourth-order valence-electron chi connectivity index (χ4n) is 1.84. The highest BCUT2D eigenvalue weighted by Gasteiger charge is 2.39. The van der Waals surface area contributed by atoms with Crippen LogP contribution in [0.2, 0.25) is 18.1 Å². The zero-order valence-electron chi connectivity index (χ0n) is 17.5. The normalized spacial score (nSPS) is 14.6. The lowest BCUT2D eigenvalue weighted by Gasteiger charge is -2.39. The fraction of sp³-hybridized carbons (Fsp3) is 0.944. The van der Waals surface area contributed by atoms with Crippen molar-refractivity contribution in [1.82, 2.24) is 10.6 Å². The van der Waals surface area contributed by atoms with E-state index in [9.17, 15) is 4.79 Å². The van der Waals surface area contributed by atoms with Crippen molar-refractivity contribution in [3.63, 3.8) is 0 Å². The Bertz CT molecular complexity index is 385. The van der Waals surface area contributed by atoms with Gasteiger partial charge in [-0.1, -0.05) is 34.6 Å². The Balaban J connectivity index is 4.72. The van der Waals surface area contributed by atoms with Crippen LogP contribution >= 0.6 is 0 Å². The molecule has 6 heteroatoms. The first-order chi connectivity index (χ1) is 10.6. The van der Waals surface area contributed by atoms with Crippen molar-refractivity contribution < 1.29 is 14.0 Å². The van der Waals surface area contributed by atoms with Crippen LogP contribution in [0.1, 0.15) is 61.8 Å². The number of hydrogen-bond acceptors (Lipinski definition) is 4. The van der Waals surface area contributed by atoms with E-state index < -0.39 is 13.9 Å². The van der Waals surface area contributed by atoms with Crippen LogP contribution in [0.4, 0.5) is 4.79 Å². The number of carbonyl (C=O) groups is 1. The van der Waals surface area contributed by atoms with Crippen molar-refractivity contribution in [2.45, 2.75) is 97.7 Å². The smallest absolute Gasteiger partial charge is 0.407 e. The summed E-state index contributed by atoms with van der Waals surface area (Å²) in [6.45, 7) is 22.3. The second kappa shape index (κ2) is 9.20. The van der Waals surface area contributed by atoms with Crippen molar-refractivity contribution >= 4 is 14.4 Å². The standard InChI is InChI=1S/C18H40N2O3Si/c1-14(2)19-12-11-15(23-24(9,10)18(6,7)8)13-20-16(21)22-17(3,4)5/h14-15,19H,11-13H2,1-10H3,(H,20,21)/t15-/m1/s1. The maximum Gasteiger partial charge on any atom is 0.407 e. The number of nitrogens with one attached hydrogen (secondary N) is 2. The maximum absolute atomic E-state index is 11.9. The molecule has 0 saturated heterocycles. The molecule has 0 rings (SSSR count). The van der Waals surface area contributed by atoms with Crippen LogP contribution in [0.15, 0.2) is 0 Å². The van der Waals surface area contributed by atoms with Crippen LogP contribution < -0.4 is 10.6 Å². The molecule has 2 N–H and O–H groups in total. The van der Waals surface area contributed by atoms with Gasteiger partial charge in [-0.15, -0.1) is 0 Å². The first-order valence-electron chi connectivity index (χ1n) is 9.02. The Hall–Kier alpha value is -0.593. The van der Waals surface area contributed by atoms with Gasteiger partial charge in [0.05, 0.1) is 6.10 Å². The molecule has 0 bridgehead atoms. The predicted molar refractivity (Wildman–Crippen MR) is 104 cm³/mol. The quantitative estimate of drug-likeness (QED) is 0.634. The molecule has 0 radical (unpaired) electrons. The molecule has 0 saturated carbocycles. The average Bonchev–Trinajstić information content (AvgIpc) is 2.31. The highest BCUT2D eigenvalue weighted by Crippen LogP contribution is 2.37. The van der Waals surface area contributed by atoms with Crippen molar-refractivity contribution in [2.24, 2.45) is 0 Å². The van der Waals surface area contributed by atoms with E-state index >= 15 is 0 Å². The largest absolute Gasteiger partial charge is 0.444 e. The van der Waals surface area contributed by atoms with Crippen LogP contribution in [0.25, 0.3) is 0 Å². The van der Waals surface area contributed by atoms with Gasteiger partial charge in [0, 0.05) is 12.6 Å². The van der Waals surface area contributed by atoms with Gasteiger partial charge < -0.3 is 19.8 Å². The molecule has 0 aliphatic carbocycles. The van der Waals surface area contributed by atoms with Gasteiger partial charge in [-0.05, 0) is 51.9 Å². The van der Waals surface area contributed by atoms with E-state index in [1.165, 1.54) is 0 Å². The monoisotopic (exact) mass is 360 g/mol. The number of amides is 1. The summed E-state index contributed by atoms with van der Waals surface area (Å²) in [7, 11) is -1.88. The third-order valence-corrected chi connectivity index (χ3v) is 8.69. The van der Waals surface area contributed by atoms with E-state index in [1.807, 2.05) is 20.8 Å². The Labute approximate surface area is 150 Å². The van der Waals surface area contributed by atoms with Crippen molar-refractivity contribution in [3.05, 3.63) is 0 Å². The molecule has 0 aromatic rings. The molecule has 1 atom stereocenters. The van der Waals surface area contributed by atoms with Crippen LogP contribution in [-0.2, 0) is 9.16 Å². The van der Waals surface area contributed by atoms with Crippen LogP contribution in [0.3, 0.4) is 0 Å². The fourth-order valence-corrected chi connectivity index (χ4v) is 3.23. The lowest BCUT2D eigenvalue weighted by atomic mass is 10.2. The van der Waals surface area contributed by atoms with Gasteiger partial charge in [0.15, 0.2) is 8.32 Å². The number of carbonyl (C=O) groups excluding carboxylic acids is 1. The Morgan fingerprint density at radius 3 is 2.04 bits per heavy atom. The molecular formula is C18H40N2O3Si. The molecule has 0 aromatic heterocycles. The van der Waals surface area contributed by atoms with E-state index in [4.69, 9.17) is 9.16 Å². The second-order valence-corrected chi connectivity index (χ2v) is 14.0. The van der Waals surface area contributed by atoms with Crippen molar-refractivity contribution in [1.29, 1.82) is 0 Å². The van der Waals surface area contributed by atoms with E-state index in [0.717, 1.165) is 13.0 Å². The van der Waals surface area contributed by atoms with Gasteiger partial charge in [-0.3, -0.25) is 0 Å². The molecule has 5 nitrogen and oxygen atoms in total. The van der Waals surface area contributed by atoms with Crippen molar-refractivity contribution in [2.75, 3.05) is 13.1 Å². The lowest BCUT2D eigenvalue weighted by molar-refractivity contribution is 0.0493. The summed E-state index contributed by atoms with van der Waals surface area (Å²) in [6, 6.07) is 0.442. The minimum Gasteiger partial charge on any atom is -0.444 e. The third-order valence-electron chi connectivity index (χ3n) is 4.16. The van der Waals surface area contributed by atoms with Crippen LogP contribution in [-0.4, -0.2) is 45.2 Å². The van der Waals surface area contributed by atoms with Crippen LogP contribution in [0, 0.1) is 0 Å². The zero-order chi connectivity index (χ0) is 19.2. The molecular weight excluding hydrogens is 320 g/mol. The summed E-state index contributed by atoms with van der Waals surface area (Å²) in [5.41, 5.74) is -0.487. The highest BCUT2D eigenvalue weighted by atomic mass is 28.4. The Morgan fingerprint density at radius 2 is 1.62 bits per heavy atom. The minimum atomic E-state index is -1.88. The SMILES string of the molecule is CC(C)NCC[C@H](CNC(=O)OC(C)(C)C)O[Si](C)(C)C(C)(C)C. The molecule has 0 fully saturated rings.